The molecule has 1 aromatic rings. The van der Waals surface area contributed by atoms with Crippen molar-refractivity contribution in [1.29, 1.82) is 0 Å². The highest BCUT2D eigenvalue weighted by Gasteiger charge is 2.35. The molecule has 1 amide bonds. The summed E-state index contributed by atoms with van der Waals surface area (Å²) in [7, 11) is 0. The second-order valence-electron chi connectivity index (χ2n) is 7.23. The largest absolute Gasteiger partial charge is 0.381 e. The van der Waals surface area contributed by atoms with Crippen LogP contribution >= 0.6 is 11.6 Å². The molecule has 3 rings (SSSR count). The van der Waals surface area contributed by atoms with Crippen molar-refractivity contribution >= 4 is 17.5 Å². The third kappa shape index (κ3) is 4.97. The van der Waals surface area contributed by atoms with Crippen LogP contribution in [-0.4, -0.2) is 51.1 Å². The molecule has 144 valence electrons. The van der Waals surface area contributed by atoms with Crippen molar-refractivity contribution in [3.8, 4) is 0 Å². The van der Waals surface area contributed by atoms with Gasteiger partial charge in [0.1, 0.15) is 6.10 Å². The van der Waals surface area contributed by atoms with Gasteiger partial charge in [-0.1, -0.05) is 23.7 Å². The zero-order chi connectivity index (χ0) is 18.4. The first-order chi connectivity index (χ1) is 12.6. The number of ether oxygens (including phenoxy) is 3. The number of benzene rings is 1. The van der Waals surface area contributed by atoms with E-state index in [9.17, 15) is 4.79 Å². The van der Waals surface area contributed by atoms with E-state index in [1.54, 1.807) is 6.92 Å². The van der Waals surface area contributed by atoms with Gasteiger partial charge in [-0.25, -0.2) is 0 Å². The minimum atomic E-state index is -0.490. The van der Waals surface area contributed by atoms with Crippen LogP contribution in [-0.2, 0) is 24.4 Å². The quantitative estimate of drug-likeness (QED) is 0.788. The Morgan fingerprint density at radius 2 is 2.19 bits per heavy atom. The van der Waals surface area contributed by atoms with E-state index >= 15 is 0 Å². The summed E-state index contributed by atoms with van der Waals surface area (Å²) >= 11 is 6.19. The topological polar surface area (TPSA) is 56.8 Å². The highest BCUT2D eigenvalue weighted by Crippen LogP contribution is 2.35. The van der Waals surface area contributed by atoms with Gasteiger partial charge < -0.3 is 19.5 Å². The fraction of sp³-hybridized carbons (Fsp3) is 0.650. The lowest BCUT2D eigenvalue weighted by Gasteiger charge is -2.38. The molecule has 0 saturated carbocycles. The van der Waals surface area contributed by atoms with Crippen LogP contribution in [0.4, 0.5) is 0 Å². The highest BCUT2D eigenvalue weighted by atomic mass is 35.5. The van der Waals surface area contributed by atoms with E-state index in [1.807, 2.05) is 18.2 Å². The van der Waals surface area contributed by atoms with Crippen LogP contribution in [0.3, 0.4) is 0 Å². The molecule has 26 heavy (non-hydrogen) atoms. The molecular formula is C20H28ClNO4. The van der Waals surface area contributed by atoms with E-state index in [0.29, 0.717) is 31.4 Å². The van der Waals surface area contributed by atoms with Gasteiger partial charge in [0.2, 0.25) is 5.91 Å². The van der Waals surface area contributed by atoms with Gasteiger partial charge in [-0.2, -0.15) is 0 Å². The molecule has 0 radical (unpaired) electrons. The van der Waals surface area contributed by atoms with Crippen molar-refractivity contribution in [3.63, 3.8) is 0 Å². The molecule has 2 heterocycles. The number of nitrogens with one attached hydrogen (secondary N) is 1. The van der Waals surface area contributed by atoms with Crippen LogP contribution in [0.15, 0.2) is 24.3 Å². The third-order valence-electron chi connectivity index (χ3n) is 5.41. The van der Waals surface area contributed by atoms with Gasteiger partial charge in [-0.05, 0) is 50.3 Å². The van der Waals surface area contributed by atoms with Crippen LogP contribution in [0.5, 0.6) is 0 Å². The summed E-state index contributed by atoms with van der Waals surface area (Å²) in [6, 6.07) is 7.92. The predicted octanol–water partition coefficient (Wildman–Crippen LogP) is 3.09. The van der Waals surface area contributed by atoms with Crippen molar-refractivity contribution in [2.24, 2.45) is 0 Å². The zero-order valence-electron chi connectivity index (χ0n) is 15.3. The molecule has 2 unspecified atom stereocenters. The van der Waals surface area contributed by atoms with Crippen LogP contribution in [0.1, 0.15) is 38.2 Å². The van der Waals surface area contributed by atoms with Crippen LogP contribution < -0.4 is 5.32 Å². The molecule has 2 atom stereocenters. The van der Waals surface area contributed by atoms with Gasteiger partial charge in [0.25, 0.3) is 0 Å². The normalized spacial score (nSPS) is 23.5. The average Bonchev–Trinajstić information content (AvgIpc) is 3.18. The molecule has 1 aromatic carbocycles. The molecule has 2 fully saturated rings. The monoisotopic (exact) mass is 381 g/mol. The molecule has 2 aliphatic heterocycles. The Labute approximate surface area is 160 Å². The van der Waals surface area contributed by atoms with Crippen LogP contribution in [0, 0.1) is 0 Å². The highest BCUT2D eigenvalue weighted by molar-refractivity contribution is 6.30. The minimum Gasteiger partial charge on any atom is -0.381 e. The van der Waals surface area contributed by atoms with Crippen molar-refractivity contribution < 1.29 is 19.0 Å². The standard InChI is InChI=1S/C20H28ClNO4/c1-15(26-13-18-6-3-9-25-18)19(23)22-14-20(7-10-24-11-8-20)16-4-2-5-17(21)12-16/h2,4-5,12,15,18H,3,6-11,13-14H2,1H3,(H,22,23). The Balaban J connectivity index is 1.57. The summed E-state index contributed by atoms with van der Waals surface area (Å²) in [6.45, 7) is 4.99. The van der Waals surface area contributed by atoms with Gasteiger partial charge in [0.05, 0.1) is 12.7 Å². The Hall–Kier alpha value is -1.14. The van der Waals surface area contributed by atoms with Crippen molar-refractivity contribution in [2.45, 2.75) is 50.2 Å². The van der Waals surface area contributed by atoms with E-state index in [0.717, 1.165) is 37.9 Å². The Bertz CT molecular complexity index is 597. The summed E-state index contributed by atoms with van der Waals surface area (Å²) in [5.41, 5.74) is 1.01. The molecule has 0 aromatic heterocycles. The van der Waals surface area contributed by atoms with Crippen molar-refractivity contribution in [1.82, 2.24) is 5.32 Å². The van der Waals surface area contributed by atoms with E-state index in [-0.39, 0.29) is 17.4 Å². The predicted molar refractivity (Wildman–Crippen MR) is 101 cm³/mol. The summed E-state index contributed by atoms with van der Waals surface area (Å²) < 4.78 is 16.8. The average molecular weight is 382 g/mol. The maximum absolute atomic E-state index is 12.5. The first-order valence-electron chi connectivity index (χ1n) is 9.44. The lowest BCUT2D eigenvalue weighted by molar-refractivity contribution is -0.134. The van der Waals surface area contributed by atoms with E-state index in [2.05, 4.69) is 11.4 Å². The van der Waals surface area contributed by atoms with Crippen LogP contribution in [0.2, 0.25) is 5.02 Å². The van der Waals surface area contributed by atoms with Crippen molar-refractivity contribution in [2.75, 3.05) is 33.0 Å². The summed E-state index contributed by atoms with van der Waals surface area (Å²) in [5, 5.41) is 3.80. The molecule has 2 saturated heterocycles. The number of carbonyl (C=O) groups excluding carboxylic acids is 1. The van der Waals surface area contributed by atoms with Gasteiger partial charge in [0, 0.05) is 36.8 Å². The Kier molecular flexibility index (Phi) is 6.92. The number of carbonyl (C=O) groups is 1. The third-order valence-corrected chi connectivity index (χ3v) is 5.65. The van der Waals surface area contributed by atoms with E-state index in [4.69, 9.17) is 25.8 Å². The SMILES string of the molecule is CC(OCC1CCCO1)C(=O)NCC1(c2cccc(Cl)c2)CCOCC1. The molecular weight excluding hydrogens is 354 g/mol. The Morgan fingerprint density at radius 1 is 1.38 bits per heavy atom. The van der Waals surface area contributed by atoms with Crippen LogP contribution in [0.25, 0.3) is 0 Å². The van der Waals surface area contributed by atoms with E-state index in [1.165, 1.54) is 0 Å². The molecule has 2 aliphatic rings. The first kappa shape index (κ1) is 19.6. The fourth-order valence-corrected chi connectivity index (χ4v) is 3.84. The second-order valence-corrected chi connectivity index (χ2v) is 7.67. The van der Waals surface area contributed by atoms with Gasteiger partial charge in [-0.3, -0.25) is 4.79 Å². The Morgan fingerprint density at radius 3 is 2.88 bits per heavy atom. The lowest BCUT2D eigenvalue weighted by Crippen LogP contribution is -2.47. The maximum Gasteiger partial charge on any atom is 0.248 e. The van der Waals surface area contributed by atoms with Crippen molar-refractivity contribution in [3.05, 3.63) is 34.9 Å². The molecule has 0 spiro atoms. The molecule has 1 N–H and O–H groups in total. The minimum absolute atomic E-state index is 0.0871. The number of hydrogen-bond donors (Lipinski definition) is 1. The number of amides is 1. The number of rotatable bonds is 7. The maximum atomic E-state index is 12.5. The molecule has 6 heteroatoms. The molecule has 0 bridgehead atoms. The van der Waals surface area contributed by atoms with Gasteiger partial charge in [0.15, 0.2) is 0 Å². The fourth-order valence-electron chi connectivity index (χ4n) is 3.65. The second kappa shape index (κ2) is 9.18. The molecule has 0 aliphatic carbocycles. The number of hydrogen-bond acceptors (Lipinski definition) is 4. The smallest absolute Gasteiger partial charge is 0.248 e. The van der Waals surface area contributed by atoms with E-state index < -0.39 is 6.10 Å². The molecule has 5 nitrogen and oxygen atoms in total. The summed E-state index contributed by atoms with van der Waals surface area (Å²) in [5.74, 6) is -0.0871. The first-order valence-corrected chi connectivity index (χ1v) is 9.82. The lowest BCUT2D eigenvalue weighted by atomic mass is 9.74. The zero-order valence-corrected chi connectivity index (χ0v) is 16.1. The summed E-state index contributed by atoms with van der Waals surface area (Å²) in [6.07, 6.45) is 3.43. The van der Waals surface area contributed by atoms with Gasteiger partial charge >= 0.3 is 0 Å². The van der Waals surface area contributed by atoms with Gasteiger partial charge in [-0.15, -0.1) is 0 Å². The summed E-state index contributed by atoms with van der Waals surface area (Å²) in [4.78, 5) is 12.5. The number of halogens is 1.